The third kappa shape index (κ3) is 6.41. The van der Waals surface area contributed by atoms with E-state index in [9.17, 15) is 0 Å². The smallest absolute Gasteiger partial charge is 0.143 e. The average Bonchev–Trinajstić information content (AvgIpc) is 3.72. The van der Waals surface area contributed by atoms with Crippen LogP contribution in [0, 0.1) is 0 Å². The number of rotatable bonds is 3. The number of fused-ring (bicyclic) bond motifs is 6. The van der Waals surface area contributed by atoms with Crippen molar-refractivity contribution in [3.05, 3.63) is 0 Å². The van der Waals surface area contributed by atoms with Crippen LogP contribution in [0.15, 0.2) is 4.42 Å². The van der Waals surface area contributed by atoms with E-state index in [0.29, 0.717) is 0 Å². The Hall–Kier alpha value is -3.97. The zero-order valence-corrected chi connectivity index (χ0v) is 47.4. The third-order valence-corrected chi connectivity index (χ3v) is 19.9. The maximum absolute atomic E-state index is 7.26. The van der Waals surface area contributed by atoms with Crippen LogP contribution in [0.2, 0.25) is 0 Å². The van der Waals surface area contributed by atoms with Crippen LogP contribution in [0.25, 0.3) is 87.6 Å². The Bertz CT molecular complexity index is 3860. The monoisotopic (exact) mass is 859 g/mol. The Kier molecular flexibility index (Phi) is 12.2. The first kappa shape index (κ1) is 50.0. The predicted molar refractivity (Wildman–Crippen MR) is 395 cm³/mol. The minimum atomic E-state index is 1.03. The molecule has 9 aromatic rings. The van der Waals surface area contributed by atoms with Crippen molar-refractivity contribution in [2.75, 3.05) is 0 Å². The number of benzene rings is 8. The van der Waals surface area contributed by atoms with Crippen molar-refractivity contribution in [1.82, 2.24) is 0 Å². The molecule has 0 radical (unpaired) electrons. The van der Waals surface area contributed by atoms with Gasteiger partial charge >= 0.3 is 0 Å². The first-order valence-electron chi connectivity index (χ1n) is 25.7. The van der Waals surface area contributed by atoms with E-state index in [-0.39, 0.29) is 0 Å². The summed E-state index contributed by atoms with van der Waals surface area (Å²) in [6.07, 6.45) is 0. The van der Waals surface area contributed by atoms with E-state index in [2.05, 4.69) is 204 Å². The van der Waals surface area contributed by atoms with E-state index in [0.717, 1.165) is 11.2 Å². The summed E-state index contributed by atoms with van der Waals surface area (Å²) in [6.45, 7) is 0. The lowest BCUT2D eigenvalue weighted by molar-refractivity contribution is 0.673. The second-order valence-electron chi connectivity index (χ2n) is 22.3. The molecule has 1 nitrogen and oxygen atoms in total. The zero-order valence-electron chi connectivity index (χ0n) is 47.4. The van der Waals surface area contributed by atoms with E-state index >= 15 is 0 Å². The lowest BCUT2D eigenvalue weighted by Gasteiger charge is -2.32. The van der Waals surface area contributed by atoms with Crippen molar-refractivity contribution in [2.24, 2.45) is 0 Å². The molecule has 0 atom stereocenters. The maximum atomic E-state index is 7.26. The largest absolute Gasteiger partial charge is 0.456 e. The Morgan fingerprint density at radius 3 is 0.696 bits per heavy atom. The summed E-state index contributed by atoms with van der Waals surface area (Å²) in [5.74, 6) is 0. The molecule has 0 aliphatic rings. The SMILES string of the molecule is Bc1c(B)c(-c2c3c(B)c(B)c(B)c(B)c3c(-c3c(B)c(B)c4c(B)c(B)c(B)c(B)c4c3B)c3c(B)c(B)c(B)c(B)c23)c(B)c(B)c1-c1c(B)c(B)c(B)c2c1oc1c(B)c(B)c(B)c(B)c12. The minimum absolute atomic E-state index is 1.03. The Morgan fingerprint density at radius 1 is 0.130 bits per heavy atom. The molecule has 0 saturated carbocycles. The minimum Gasteiger partial charge on any atom is -0.456 e. The van der Waals surface area contributed by atoms with E-state index < -0.39 is 0 Å². The molecule has 1 aromatic heterocycles. The molecule has 0 unspecified atom stereocenters. The molecule has 1 heterocycles. The van der Waals surface area contributed by atoms with Crippen LogP contribution < -0.4 is 142 Å². The van der Waals surface area contributed by atoms with E-state index in [1.165, 1.54) is 219 Å². The number of furan rings is 1. The van der Waals surface area contributed by atoms with Crippen molar-refractivity contribution in [3.63, 3.8) is 0 Å². The highest BCUT2D eigenvalue weighted by molar-refractivity contribution is 6.77. The van der Waals surface area contributed by atoms with Gasteiger partial charge in [-0.25, -0.2) is 0 Å². The molecule has 0 spiro atoms. The molecule has 0 bridgehead atoms. The fourth-order valence-electron chi connectivity index (χ4n) is 13.7. The average molecular weight is 854 g/mol. The second-order valence-corrected chi connectivity index (χ2v) is 22.3. The lowest BCUT2D eigenvalue weighted by atomic mass is 9.55. The van der Waals surface area contributed by atoms with Gasteiger partial charge in [0.15, 0.2) is 0 Å². The lowest BCUT2D eigenvalue weighted by Crippen LogP contribution is -2.53. The van der Waals surface area contributed by atoms with Crippen LogP contribution in [-0.2, 0) is 0 Å². The fraction of sp³-hybridized carbons (Fsp3) is 0. The molecule has 0 fully saturated rings. The second kappa shape index (κ2) is 16.8. The highest BCUT2D eigenvalue weighted by atomic mass is 16.3. The zero-order chi connectivity index (χ0) is 51.0. The van der Waals surface area contributed by atoms with E-state index in [1.54, 1.807) is 0 Å². The van der Waals surface area contributed by atoms with Crippen LogP contribution in [0.4, 0.5) is 0 Å². The van der Waals surface area contributed by atoms with Gasteiger partial charge in [0.05, 0.1) is 0 Å². The summed E-state index contributed by atoms with van der Waals surface area (Å²) in [5, 5.41) is 11.1. The summed E-state index contributed by atoms with van der Waals surface area (Å²) >= 11 is 0. The van der Waals surface area contributed by atoms with Crippen LogP contribution in [0.1, 0.15) is 0 Å². The molecule has 0 saturated heterocycles. The third-order valence-electron chi connectivity index (χ3n) is 19.9. The Labute approximate surface area is 435 Å². The summed E-state index contributed by atoms with van der Waals surface area (Å²) in [4.78, 5) is 0. The molecule has 0 amide bonds. The van der Waals surface area contributed by atoms with Gasteiger partial charge in [-0.3, -0.25) is 0 Å². The molecular formula is C42H52B26O. The molecule has 8 aromatic carbocycles. The van der Waals surface area contributed by atoms with Gasteiger partial charge in [-0.15, -0.1) is 38.2 Å². The van der Waals surface area contributed by atoms with Crippen molar-refractivity contribution in [3.8, 4) is 33.4 Å². The maximum Gasteiger partial charge on any atom is 0.143 e. The predicted octanol–water partition coefficient (Wildman–Crippen LogP) is -33.2. The van der Waals surface area contributed by atoms with Gasteiger partial charge in [-0.1, -0.05) is 104 Å². The van der Waals surface area contributed by atoms with Crippen LogP contribution in [0.5, 0.6) is 0 Å². The van der Waals surface area contributed by atoms with Gasteiger partial charge in [0, 0.05) is 16.3 Å². The molecule has 0 aliphatic heterocycles. The highest BCUT2D eigenvalue weighted by Crippen LogP contribution is 2.39. The first-order valence-corrected chi connectivity index (χ1v) is 25.7. The normalized spacial score (nSPS) is 11.8. The van der Waals surface area contributed by atoms with Gasteiger partial charge in [-0.2, -0.15) is 0 Å². The van der Waals surface area contributed by atoms with Crippen LogP contribution in [-0.4, -0.2) is 204 Å². The van der Waals surface area contributed by atoms with E-state index in [1.807, 2.05) is 0 Å². The van der Waals surface area contributed by atoms with Crippen LogP contribution >= 0.6 is 0 Å². The summed E-state index contributed by atoms with van der Waals surface area (Å²) in [6, 6.07) is 0. The van der Waals surface area contributed by atoms with Crippen molar-refractivity contribution in [1.29, 1.82) is 0 Å². The standard InChI is InChI=1S/C42H52B26O/c43-15-7(20(48)23(51)10-9(15)26(54)36(64)37(65)27(10)55)1-3-5(18(46)34(62)32(60)16(3)44)2(6-4(1)17(45)33(61)35(63)19(6)47)8-21(49)24(52)11(25(53)22(8)50)12-28(56)31(59)29(57)13-14-30(58)38(66)39(67)40(68)42(14)69-41(12)13/h43-68H2. The molecule has 0 N–H and O–H groups in total. The highest BCUT2D eigenvalue weighted by Gasteiger charge is 2.31. The van der Waals surface area contributed by atoms with Crippen molar-refractivity contribution < 1.29 is 4.42 Å². The van der Waals surface area contributed by atoms with Crippen LogP contribution in [0.3, 0.4) is 0 Å². The van der Waals surface area contributed by atoms with Crippen molar-refractivity contribution >= 4 is 400 Å². The van der Waals surface area contributed by atoms with Gasteiger partial charge in [-0.05, 0) is 60.1 Å². The quantitative estimate of drug-likeness (QED) is 0.127. The molecular weight excluding hydrogens is 802 g/mol. The van der Waals surface area contributed by atoms with E-state index in [4.69, 9.17) is 4.42 Å². The summed E-state index contributed by atoms with van der Waals surface area (Å²) in [5.41, 5.74) is 45.8. The molecule has 69 heavy (non-hydrogen) atoms. The van der Waals surface area contributed by atoms with Crippen molar-refractivity contribution in [2.45, 2.75) is 0 Å². The molecule has 0 aliphatic carbocycles. The van der Waals surface area contributed by atoms with Gasteiger partial charge in [0.1, 0.15) is 215 Å². The van der Waals surface area contributed by atoms with Gasteiger partial charge < -0.3 is 4.42 Å². The molecule has 304 valence electrons. The Morgan fingerprint density at radius 2 is 0.333 bits per heavy atom. The first-order chi connectivity index (χ1) is 32.2. The Balaban J connectivity index is 1.54. The van der Waals surface area contributed by atoms with Gasteiger partial charge in [0.2, 0.25) is 0 Å². The summed E-state index contributed by atoms with van der Waals surface area (Å²) in [7, 11) is 61.4. The summed E-state index contributed by atoms with van der Waals surface area (Å²) < 4.78 is 7.26. The number of hydrogen-bond donors (Lipinski definition) is 0. The fourth-order valence-corrected chi connectivity index (χ4v) is 13.7. The number of hydrogen-bond acceptors (Lipinski definition) is 1. The molecule has 9 rings (SSSR count). The topological polar surface area (TPSA) is 13.1 Å². The van der Waals surface area contributed by atoms with Gasteiger partial charge in [0.25, 0.3) is 0 Å². The molecule has 27 heteroatoms.